The zero-order valence-corrected chi connectivity index (χ0v) is 12.3. The number of nitrogens with one attached hydrogen (secondary N) is 1. The van der Waals surface area contributed by atoms with Gasteiger partial charge < -0.3 is 10.1 Å². The van der Waals surface area contributed by atoms with E-state index in [9.17, 15) is 9.18 Å². The number of carbonyl (C=O) groups excluding carboxylic acids is 1. The summed E-state index contributed by atoms with van der Waals surface area (Å²) in [5.41, 5.74) is 0.702. The number of anilines is 1. The van der Waals surface area contributed by atoms with Crippen molar-refractivity contribution < 1.29 is 13.9 Å². The third-order valence-corrected chi connectivity index (χ3v) is 4.22. The third-order valence-electron chi connectivity index (χ3n) is 4.22. The lowest BCUT2D eigenvalue weighted by Crippen LogP contribution is -2.46. The molecule has 1 aromatic carbocycles. The van der Waals surface area contributed by atoms with E-state index in [-0.39, 0.29) is 11.7 Å². The number of hydrogen-bond acceptors (Lipinski definition) is 3. The standard InChI is InChI=1S/C17H17FN2O2/c1-22-15-7-6-14(11-19-15)20-16(21)17(8-3-9-17)12-4-2-5-13(18)10-12/h2,4-7,10-11H,3,8-9H2,1H3,(H,20,21). The summed E-state index contributed by atoms with van der Waals surface area (Å²) in [5, 5.41) is 2.87. The number of methoxy groups -OCH3 is 1. The van der Waals surface area contributed by atoms with Crippen LogP contribution in [0.2, 0.25) is 0 Å². The molecule has 5 heteroatoms. The second-order valence-corrected chi connectivity index (χ2v) is 5.49. The fourth-order valence-corrected chi connectivity index (χ4v) is 2.79. The molecule has 1 amide bonds. The summed E-state index contributed by atoms with van der Waals surface area (Å²) in [6.45, 7) is 0. The number of hydrogen-bond donors (Lipinski definition) is 1. The number of pyridine rings is 1. The van der Waals surface area contributed by atoms with Crippen molar-refractivity contribution in [1.29, 1.82) is 0 Å². The Bertz CT molecular complexity index is 681. The van der Waals surface area contributed by atoms with Crippen molar-refractivity contribution in [3.63, 3.8) is 0 Å². The Kier molecular flexibility index (Phi) is 3.79. The van der Waals surface area contributed by atoms with Crippen molar-refractivity contribution in [2.75, 3.05) is 12.4 Å². The Hall–Kier alpha value is -2.43. The molecular weight excluding hydrogens is 283 g/mol. The molecule has 0 unspecified atom stereocenters. The molecule has 0 saturated heterocycles. The highest BCUT2D eigenvalue weighted by molar-refractivity contribution is 5.99. The molecule has 1 saturated carbocycles. The van der Waals surface area contributed by atoms with Gasteiger partial charge in [-0.3, -0.25) is 4.79 Å². The fourth-order valence-electron chi connectivity index (χ4n) is 2.79. The first kappa shape index (κ1) is 14.5. The van der Waals surface area contributed by atoms with Gasteiger partial charge in [0.05, 0.1) is 24.4 Å². The molecule has 1 heterocycles. The lowest BCUT2D eigenvalue weighted by atomic mass is 9.63. The van der Waals surface area contributed by atoms with Crippen LogP contribution in [-0.4, -0.2) is 18.0 Å². The molecule has 1 aliphatic carbocycles. The van der Waals surface area contributed by atoms with Gasteiger partial charge in [0.15, 0.2) is 0 Å². The van der Waals surface area contributed by atoms with E-state index in [0.29, 0.717) is 11.6 Å². The van der Waals surface area contributed by atoms with Gasteiger partial charge in [-0.25, -0.2) is 9.37 Å². The number of nitrogens with zero attached hydrogens (tertiary/aromatic N) is 1. The molecule has 0 atom stereocenters. The van der Waals surface area contributed by atoms with Gasteiger partial charge in [0.1, 0.15) is 5.82 Å². The second kappa shape index (κ2) is 5.75. The maximum Gasteiger partial charge on any atom is 0.235 e. The highest BCUT2D eigenvalue weighted by atomic mass is 19.1. The summed E-state index contributed by atoms with van der Waals surface area (Å²) in [4.78, 5) is 16.8. The normalized spacial score (nSPS) is 15.7. The van der Waals surface area contributed by atoms with Gasteiger partial charge in [-0.2, -0.15) is 0 Å². The second-order valence-electron chi connectivity index (χ2n) is 5.49. The summed E-state index contributed by atoms with van der Waals surface area (Å²) < 4.78 is 18.5. The van der Waals surface area contributed by atoms with E-state index >= 15 is 0 Å². The highest BCUT2D eigenvalue weighted by Gasteiger charge is 2.45. The first-order chi connectivity index (χ1) is 10.6. The van der Waals surface area contributed by atoms with Gasteiger partial charge in [-0.15, -0.1) is 0 Å². The number of amides is 1. The molecule has 0 bridgehead atoms. The predicted octanol–water partition coefficient (Wildman–Crippen LogP) is 3.29. The van der Waals surface area contributed by atoms with Crippen molar-refractivity contribution in [3.05, 3.63) is 54.0 Å². The zero-order chi connectivity index (χ0) is 15.6. The van der Waals surface area contributed by atoms with Crippen LogP contribution < -0.4 is 10.1 Å². The van der Waals surface area contributed by atoms with Crippen LogP contribution >= 0.6 is 0 Å². The minimum Gasteiger partial charge on any atom is -0.481 e. The molecule has 1 fully saturated rings. The maximum absolute atomic E-state index is 13.5. The fraction of sp³-hybridized carbons (Fsp3) is 0.294. The van der Waals surface area contributed by atoms with Crippen LogP contribution in [0, 0.1) is 5.82 Å². The molecule has 2 aromatic rings. The van der Waals surface area contributed by atoms with Crippen LogP contribution in [0.25, 0.3) is 0 Å². The molecule has 0 spiro atoms. The molecule has 0 aliphatic heterocycles. The molecule has 4 nitrogen and oxygen atoms in total. The van der Waals surface area contributed by atoms with Crippen molar-refractivity contribution in [1.82, 2.24) is 4.98 Å². The largest absolute Gasteiger partial charge is 0.481 e. The highest BCUT2D eigenvalue weighted by Crippen LogP contribution is 2.44. The summed E-state index contributed by atoms with van der Waals surface area (Å²) >= 11 is 0. The SMILES string of the molecule is COc1ccc(NC(=O)C2(c3cccc(F)c3)CCC2)cn1. The lowest BCUT2D eigenvalue weighted by molar-refractivity contribution is -0.124. The number of carbonyl (C=O) groups is 1. The first-order valence-corrected chi connectivity index (χ1v) is 7.22. The molecular formula is C17H17FN2O2. The van der Waals surface area contributed by atoms with Gasteiger partial charge in [0.2, 0.25) is 11.8 Å². The summed E-state index contributed by atoms with van der Waals surface area (Å²) in [5.74, 6) is 0.0560. The summed E-state index contributed by atoms with van der Waals surface area (Å²) in [7, 11) is 1.54. The quantitative estimate of drug-likeness (QED) is 0.942. The van der Waals surface area contributed by atoms with E-state index in [1.54, 1.807) is 24.4 Å². The molecule has 1 aliphatic rings. The summed E-state index contributed by atoms with van der Waals surface area (Å²) in [6, 6.07) is 9.72. The van der Waals surface area contributed by atoms with Gasteiger partial charge >= 0.3 is 0 Å². The summed E-state index contributed by atoms with van der Waals surface area (Å²) in [6.07, 6.45) is 3.97. The van der Waals surface area contributed by atoms with Crippen LogP contribution in [0.4, 0.5) is 10.1 Å². The van der Waals surface area contributed by atoms with E-state index in [0.717, 1.165) is 24.8 Å². The third kappa shape index (κ3) is 2.54. The minimum atomic E-state index is -0.637. The van der Waals surface area contributed by atoms with Crippen LogP contribution in [-0.2, 0) is 10.2 Å². The van der Waals surface area contributed by atoms with E-state index in [4.69, 9.17) is 4.74 Å². The lowest BCUT2D eigenvalue weighted by Gasteiger charge is -2.40. The van der Waals surface area contributed by atoms with Crippen LogP contribution in [0.3, 0.4) is 0 Å². The predicted molar refractivity (Wildman–Crippen MR) is 81.3 cm³/mol. The van der Waals surface area contributed by atoms with Crippen molar-refractivity contribution in [2.45, 2.75) is 24.7 Å². The Morgan fingerprint density at radius 3 is 2.68 bits per heavy atom. The van der Waals surface area contributed by atoms with Crippen molar-refractivity contribution in [2.24, 2.45) is 0 Å². The first-order valence-electron chi connectivity index (χ1n) is 7.22. The zero-order valence-electron chi connectivity index (χ0n) is 12.3. The Morgan fingerprint density at radius 2 is 2.14 bits per heavy atom. The molecule has 114 valence electrons. The molecule has 0 radical (unpaired) electrons. The number of benzene rings is 1. The van der Waals surface area contributed by atoms with Gasteiger partial charge in [-0.05, 0) is 36.6 Å². The van der Waals surface area contributed by atoms with E-state index < -0.39 is 5.41 Å². The number of aromatic nitrogens is 1. The monoisotopic (exact) mass is 300 g/mol. The van der Waals surface area contributed by atoms with E-state index in [1.165, 1.54) is 19.2 Å². The van der Waals surface area contributed by atoms with E-state index in [1.807, 2.05) is 6.07 Å². The Balaban J connectivity index is 1.82. The van der Waals surface area contributed by atoms with Crippen molar-refractivity contribution >= 4 is 11.6 Å². The average molecular weight is 300 g/mol. The Morgan fingerprint density at radius 1 is 1.32 bits per heavy atom. The average Bonchev–Trinajstić information content (AvgIpc) is 2.47. The van der Waals surface area contributed by atoms with E-state index in [2.05, 4.69) is 10.3 Å². The number of rotatable bonds is 4. The van der Waals surface area contributed by atoms with Crippen LogP contribution in [0.15, 0.2) is 42.6 Å². The topological polar surface area (TPSA) is 51.2 Å². The van der Waals surface area contributed by atoms with Crippen LogP contribution in [0.1, 0.15) is 24.8 Å². The molecule has 3 rings (SSSR count). The molecule has 22 heavy (non-hydrogen) atoms. The van der Waals surface area contributed by atoms with Gasteiger partial charge in [0, 0.05) is 6.07 Å². The number of halogens is 1. The Labute approximate surface area is 128 Å². The molecule has 1 N–H and O–H groups in total. The van der Waals surface area contributed by atoms with Gasteiger partial charge in [0.25, 0.3) is 0 Å². The maximum atomic E-state index is 13.5. The minimum absolute atomic E-state index is 0.115. The van der Waals surface area contributed by atoms with Gasteiger partial charge in [-0.1, -0.05) is 18.6 Å². The smallest absolute Gasteiger partial charge is 0.235 e. The van der Waals surface area contributed by atoms with Crippen molar-refractivity contribution in [3.8, 4) is 5.88 Å². The molecule has 1 aromatic heterocycles. The number of ether oxygens (including phenoxy) is 1. The van der Waals surface area contributed by atoms with Crippen LogP contribution in [0.5, 0.6) is 5.88 Å².